The third-order valence-electron chi connectivity index (χ3n) is 4.07. The third-order valence-corrected chi connectivity index (χ3v) is 4.07. The fraction of sp³-hybridized carbons (Fsp3) is 0.824. The highest BCUT2D eigenvalue weighted by Gasteiger charge is 2.09. The molecule has 0 bridgehead atoms. The highest BCUT2D eigenvalue weighted by atomic mass is 16.3. The zero-order chi connectivity index (χ0) is 15.2. The topological polar surface area (TPSA) is 58.3 Å². The van der Waals surface area contributed by atoms with Crippen LogP contribution in [0.25, 0.3) is 0 Å². The van der Waals surface area contributed by atoms with E-state index in [0.717, 1.165) is 38.1 Å². The number of aliphatic hydroxyl groups is 2. The van der Waals surface area contributed by atoms with Crippen molar-refractivity contribution in [2.24, 2.45) is 5.92 Å². The fourth-order valence-corrected chi connectivity index (χ4v) is 2.82. The quantitative estimate of drug-likeness (QED) is 0.517. The van der Waals surface area contributed by atoms with Gasteiger partial charge in [-0.25, -0.2) is 4.98 Å². The molecule has 21 heavy (non-hydrogen) atoms. The van der Waals surface area contributed by atoms with Crippen molar-refractivity contribution in [2.45, 2.75) is 70.8 Å². The number of unbranched alkanes of at least 4 members (excludes halogenated alkanes) is 6. The Kier molecular flexibility index (Phi) is 11.1. The highest BCUT2D eigenvalue weighted by Crippen LogP contribution is 2.20. The average molecular weight is 296 g/mol. The van der Waals surface area contributed by atoms with E-state index in [2.05, 4.69) is 9.55 Å². The minimum Gasteiger partial charge on any atom is -0.396 e. The molecule has 122 valence electrons. The van der Waals surface area contributed by atoms with Crippen LogP contribution in [0, 0.1) is 5.92 Å². The molecule has 1 heterocycles. The molecule has 0 aliphatic carbocycles. The molecule has 0 spiro atoms. The van der Waals surface area contributed by atoms with Crippen LogP contribution < -0.4 is 0 Å². The highest BCUT2D eigenvalue weighted by molar-refractivity contribution is 4.76. The van der Waals surface area contributed by atoms with Crippen molar-refractivity contribution < 1.29 is 10.2 Å². The van der Waals surface area contributed by atoms with E-state index in [9.17, 15) is 0 Å². The molecule has 0 unspecified atom stereocenters. The molecule has 1 rings (SSSR count). The summed E-state index contributed by atoms with van der Waals surface area (Å²) in [5.41, 5.74) is 0. The summed E-state index contributed by atoms with van der Waals surface area (Å²) in [6.45, 7) is 1.71. The number of aromatic nitrogens is 2. The predicted octanol–water partition coefficient (Wildman–Crippen LogP) is 3.38. The molecule has 4 nitrogen and oxygen atoms in total. The first-order chi connectivity index (χ1) is 10.4. The van der Waals surface area contributed by atoms with Crippen molar-refractivity contribution in [1.82, 2.24) is 9.55 Å². The maximum atomic E-state index is 8.80. The van der Waals surface area contributed by atoms with E-state index in [1.54, 1.807) is 0 Å². The van der Waals surface area contributed by atoms with Gasteiger partial charge in [0.15, 0.2) is 0 Å². The Morgan fingerprint density at radius 2 is 1.38 bits per heavy atom. The fourth-order valence-electron chi connectivity index (χ4n) is 2.82. The van der Waals surface area contributed by atoms with Crippen LogP contribution in [0.4, 0.5) is 0 Å². The van der Waals surface area contributed by atoms with Gasteiger partial charge in [0.2, 0.25) is 0 Å². The van der Waals surface area contributed by atoms with Gasteiger partial charge in [0.05, 0.1) is 6.33 Å². The summed E-state index contributed by atoms with van der Waals surface area (Å²) in [7, 11) is 0. The Hall–Kier alpha value is -0.870. The monoisotopic (exact) mass is 296 g/mol. The van der Waals surface area contributed by atoms with E-state index in [4.69, 9.17) is 10.2 Å². The van der Waals surface area contributed by atoms with Gasteiger partial charge in [0, 0.05) is 32.2 Å². The smallest absolute Gasteiger partial charge is 0.0945 e. The maximum absolute atomic E-state index is 8.80. The van der Waals surface area contributed by atoms with Gasteiger partial charge in [-0.05, 0) is 31.6 Å². The van der Waals surface area contributed by atoms with Gasteiger partial charge in [-0.15, -0.1) is 0 Å². The summed E-state index contributed by atoms with van der Waals surface area (Å²) in [6, 6.07) is 0. The van der Waals surface area contributed by atoms with E-state index < -0.39 is 0 Å². The summed E-state index contributed by atoms with van der Waals surface area (Å²) >= 11 is 0. The molecule has 0 atom stereocenters. The molecule has 1 aromatic heterocycles. The van der Waals surface area contributed by atoms with Crippen molar-refractivity contribution in [3.63, 3.8) is 0 Å². The van der Waals surface area contributed by atoms with Crippen LogP contribution in [0.3, 0.4) is 0 Å². The molecule has 0 saturated carbocycles. The molecule has 0 amide bonds. The van der Waals surface area contributed by atoms with Gasteiger partial charge in [-0.3, -0.25) is 0 Å². The van der Waals surface area contributed by atoms with Crippen molar-refractivity contribution in [3.05, 3.63) is 18.7 Å². The average Bonchev–Trinajstić information content (AvgIpc) is 2.99. The lowest BCUT2D eigenvalue weighted by Gasteiger charge is -2.17. The van der Waals surface area contributed by atoms with Crippen molar-refractivity contribution in [3.8, 4) is 0 Å². The van der Waals surface area contributed by atoms with Crippen molar-refractivity contribution >= 4 is 0 Å². The van der Waals surface area contributed by atoms with Gasteiger partial charge >= 0.3 is 0 Å². The molecule has 0 saturated heterocycles. The lowest BCUT2D eigenvalue weighted by atomic mass is 9.94. The first kappa shape index (κ1) is 18.2. The lowest BCUT2D eigenvalue weighted by Crippen LogP contribution is -2.10. The zero-order valence-electron chi connectivity index (χ0n) is 13.3. The third kappa shape index (κ3) is 9.64. The lowest BCUT2D eigenvalue weighted by molar-refractivity contribution is 0.278. The first-order valence-corrected chi connectivity index (χ1v) is 8.54. The normalized spacial score (nSPS) is 11.4. The largest absolute Gasteiger partial charge is 0.396 e. The number of imidazole rings is 1. The molecule has 0 aliphatic heterocycles. The van der Waals surface area contributed by atoms with Gasteiger partial charge < -0.3 is 14.8 Å². The Balaban J connectivity index is 2.21. The molecular weight excluding hydrogens is 264 g/mol. The van der Waals surface area contributed by atoms with E-state index in [1.807, 2.05) is 18.7 Å². The summed E-state index contributed by atoms with van der Waals surface area (Å²) in [5.74, 6) is 0.724. The van der Waals surface area contributed by atoms with Crippen molar-refractivity contribution in [2.75, 3.05) is 13.2 Å². The zero-order valence-corrected chi connectivity index (χ0v) is 13.3. The Bertz CT molecular complexity index is 301. The minimum atomic E-state index is 0.323. The van der Waals surface area contributed by atoms with Gasteiger partial charge in [-0.2, -0.15) is 0 Å². The number of aliphatic hydroxyl groups excluding tert-OH is 2. The maximum Gasteiger partial charge on any atom is 0.0945 e. The van der Waals surface area contributed by atoms with Crippen LogP contribution >= 0.6 is 0 Å². The van der Waals surface area contributed by atoms with E-state index in [0.29, 0.717) is 13.2 Å². The van der Waals surface area contributed by atoms with E-state index in [1.165, 1.54) is 38.5 Å². The molecule has 4 heteroatoms. The second-order valence-electron chi connectivity index (χ2n) is 5.98. The molecule has 0 aliphatic rings. The standard InChI is InChI=1S/C17H32N2O2/c20-13-7-3-1-5-9-17(10-6-2-4-8-14-21)15-19-12-11-18-16-19/h11-12,16-17,20-21H,1-10,13-15H2. The Morgan fingerprint density at radius 3 is 1.86 bits per heavy atom. The first-order valence-electron chi connectivity index (χ1n) is 8.54. The second kappa shape index (κ2) is 12.8. The van der Waals surface area contributed by atoms with Gasteiger partial charge in [0.25, 0.3) is 0 Å². The van der Waals surface area contributed by atoms with Crippen LogP contribution in [-0.4, -0.2) is 33.0 Å². The SMILES string of the molecule is OCCCCCCC(CCCCCCO)Cn1ccnc1. The number of hydrogen-bond acceptors (Lipinski definition) is 3. The van der Waals surface area contributed by atoms with Crippen LogP contribution in [0.2, 0.25) is 0 Å². The molecule has 0 radical (unpaired) electrons. The van der Waals surface area contributed by atoms with Crippen LogP contribution in [0.1, 0.15) is 64.2 Å². The van der Waals surface area contributed by atoms with E-state index >= 15 is 0 Å². The Morgan fingerprint density at radius 1 is 0.810 bits per heavy atom. The molecule has 0 fully saturated rings. The molecule has 2 N–H and O–H groups in total. The van der Waals surface area contributed by atoms with Crippen LogP contribution in [0.5, 0.6) is 0 Å². The molecular formula is C17H32N2O2. The summed E-state index contributed by atoms with van der Waals surface area (Å²) in [5, 5.41) is 17.6. The summed E-state index contributed by atoms with van der Waals surface area (Å²) < 4.78 is 2.19. The number of hydrogen-bond donors (Lipinski definition) is 2. The molecule has 0 aromatic carbocycles. The van der Waals surface area contributed by atoms with Gasteiger partial charge in [0.1, 0.15) is 0 Å². The van der Waals surface area contributed by atoms with Crippen LogP contribution in [-0.2, 0) is 6.54 Å². The summed E-state index contributed by atoms with van der Waals surface area (Å²) in [4.78, 5) is 4.12. The summed E-state index contributed by atoms with van der Waals surface area (Å²) in [6.07, 6.45) is 17.5. The predicted molar refractivity (Wildman–Crippen MR) is 86.1 cm³/mol. The van der Waals surface area contributed by atoms with Crippen molar-refractivity contribution in [1.29, 1.82) is 0 Å². The van der Waals surface area contributed by atoms with Gasteiger partial charge in [-0.1, -0.05) is 38.5 Å². The number of nitrogens with zero attached hydrogens (tertiary/aromatic N) is 2. The Labute approximate surface area is 129 Å². The molecule has 1 aromatic rings. The second-order valence-corrected chi connectivity index (χ2v) is 5.98. The van der Waals surface area contributed by atoms with E-state index in [-0.39, 0.29) is 0 Å². The number of rotatable bonds is 14. The minimum absolute atomic E-state index is 0.323. The van der Waals surface area contributed by atoms with Crippen LogP contribution in [0.15, 0.2) is 18.7 Å².